The number of para-hydroxylation sites is 1. The highest BCUT2D eigenvalue weighted by atomic mass is 28.3. The van der Waals surface area contributed by atoms with Crippen molar-refractivity contribution in [2.45, 2.75) is 53.1 Å². The van der Waals surface area contributed by atoms with E-state index in [9.17, 15) is 0 Å². The maximum atomic E-state index is 6.56. The molecular formula is C44H43BN2OSi2. The van der Waals surface area contributed by atoms with Crippen LogP contribution in [0.25, 0.3) is 21.9 Å². The van der Waals surface area contributed by atoms with Crippen LogP contribution >= 0.6 is 0 Å². The molecule has 0 aliphatic carbocycles. The van der Waals surface area contributed by atoms with Gasteiger partial charge in [0.1, 0.15) is 11.2 Å². The van der Waals surface area contributed by atoms with Crippen molar-refractivity contribution in [1.29, 1.82) is 0 Å². The smallest absolute Gasteiger partial charge is 0.252 e. The first-order chi connectivity index (χ1) is 23.9. The quantitative estimate of drug-likeness (QED) is 0.173. The van der Waals surface area contributed by atoms with Crippen molar-refractivity contribution in [3.63, 3.8) is 0 Å². The summed E-state index contributed by atoms with van der Waals surface area (Å²) in [6.45, 7) is 19.1. The molecule has 6 heteroatoms. The van der Waals surface area contributed by atoms with Gasteiger partial charge in [-0.1, -0.05) is 116 Å². The standard InChI is InChI=1S/C44H43BN2OSi2/c1-28-13-15-31(16-14-28)47-39-26-29(2)25-38-43(39)45(35-22-24-41-42(44(35)47)34-11-9-10-12-40(34)48-41)36-27-33(50(6,7)8)21-23-37(36)46(38)30-17-19-32(20-18-30)49(3,4)5/h9-27H,1-8H3. The summed E-state index contributed by atoms with van der Waals surface area (Å²) >= 11 is 0. The van der Waals surface area contributed by atoms with Crippen molar-refractivity contribution in [1.82, 2.24) is 0 Å². The number of hydrogen-bond acceptors (Lipinski definition) is 3. The third-order valence-electron chi connectivity index (χ3n) is 10.9. The number of nitrogens with zero attached hydrogens (tertiary/aromatic N) is 2. The molecule has 2 aliphatic heterocycles. The van der Waals surface area contributed by atoms with Crippen molar-refractivity contribution in [3.05, 3.63) is 126 Å². The monoisotopic (exact) mass is 682 g/mol. The first kappa shape index (κ1) is 31.2. The summed E-state index contributed by atoms with van der Waals surface area (Å²) in [7, 11) is -3.09. The lowest BCUT2D eigenvalue weighted by Crippen LogP contribution is -2.62. The zero-order chi connectivity index (χ0) is 34.7. The van der Waals surface area contributed by atoms with Crippen LogP contribution in [0.3, 0.4) is 0 Å². The average Bonchev–Trinajstić information content (AvgIpc) is 3.47. The Morgan fingerprint density at radius 3 is 1.84 bits per heavy atom. The number of fused-ring (bicyclic) bond motifs is 8. The molecule has 6 aromatic carbocycles. The number of rotatable bonds is 4. The Morgan fingerprint density at radius 1 is 0.520 bits per heavy atom. The second-order valence-electron chi connectivity index (χ2n) is 16.5. The molecule has 7 aromatic rings. The van der Waals surface area contributed by atoms with Gasteiger partial charge in [0.05, 0.1) is 27.2 Å². The van der Waals surface area contributed by atoms with Crippen LogP contribution in [0.5, 0.6) is 0 Å². The van der Waals surface area contributed by atoms with E-state index in [1.807, 2.05) is 0 Å². The first-order valence-electron chi connectivity index (χ1n) is 17.9. The summed E-state index contributed by atoms with van der Waals surface area (Å²) < 4.78 is 6.56. The van der Waals surface area contributed by atoms with E-state index >= 15 is 0 Å². The zero-order valence-corrected chi connectivity index (χ0v) is 32.3. The van der Waals surface area contributed by atoms with Crippen molar-refractivity contribution < 1.29 is 4.42 Å². The van der Waals surface area contributed by atoms with Crippen LogP contribution in [0, 0.1) is 13.8 Å². The molecule has 0 atom stereocenters. The largest absolute Gasteiger partial charge is 0.456 e. The van der Waals surface area contributed by atoms with Crippen LogP contribution in [0.4, 0.5) is 34.1 Å². The van der Waals surface area contributed by atoms with Gasteiger partial charge < -0.3 is 14.2 Å². The van der Waals surface area contributed by atoms with E-state index in [-0.39, 0.29) is 6.71 Å². The predicted molar refractivity (Wildman–Crippen MR) is 223 cm³/mol. The molecule has 0 fully saturated rings. The highest BCUT2D eigenvalue weighted by molar-refractivity contribution is 7.01. The minimum atomic E-state index is -1.63. The fourth-order valence-electron chi connectivity index (χ4n) is 8.25. The van der Waals surface area contributed by atoms with Crippen LogP contribution in [0.1, 0.15) is 11.1 Å². The number of aryl methyl sites for hydroxylation is 2. The minimum Gasteiger partial charge on any atom is -0.456 e. The van der Waals surface area contributed by atoms with Crippen LogP contribution in [-0.4, -0.2) is 22.9 Å². The molecule has 0 saturated heterocycles. The van der Waals surface area contributed by atoms with Gasteiger partial charge in [0.25, 0.3) is 6.71 Å². The first-order valence-corrected chi connectivity index (χ1v) is 24.9. The fourth-order valence-corrected chi connectivity index (χ4v) is 10.6. The van der Waals surface area contributed by atoms with Crippen molar-refractivity contribution >= 4 is 106 Å². The Hall–Kier alpha value is -4.78. The number of furan rings is 1. The molecule has 246 valence electrons. The van der Waals surface area contributed by atoms with E-state index in [4.69, 9.17) is 4.42 Å². The van der Waals surface area contributed by atoms with Gasteiger partial charge in [-0.25, -0.2) is 0 Å². The van der Waals surface area contributed by atoms with E-state index in [0.717, 1.165) is 22.2 Å². The van der Waals surface area contributed by atoms with Crippen LogP contribution < -0.4 is 36.6 Å². The predicted octanol–water partition coefficient (Wildman–Crippen LogP) is 9.38. The SMILES string of the molecule is Cc1ccc(N2c3cc(C)cc4c3B(c3cc([Si](C)(C)C)ccc3N4c3ccc([Si](C)(C)C)cc3)c3ccc4oc5ccccc5c4c32)cc1. The molecule has 3 nitrogen and oxygen atoms in total. The van der Waals surface area contributed by atoms with Gasteiger partial charge in [0.15, 0.2) is 0 Å². The Balaban J connectivity index is 1.41. The van der Waals surface area contributed by atoms with Gasteiger partial charge in [-0.15, -0.1) is 0 Å². The Labute approximate surface area is 298 Å². The second-order valence-corrected chi connectivity index (χ2v) is 26.6. The van der Waals surface area contributed by atoms with Gasteiger partial charge in [0.2, 0.25) is 0 Å². The zero-order valence-electron chi connectivity index (χ0n) is 30.3. The molecule has 3 heterocycles. The van der Waals surface area contributed by atoms with Gasteiger partial charge in [-0.05, 0) is 90.4 Å². The molecule has 0 N–H and O–H groups in total. The molecule has 1 aromatic heterocycles. The molecule has 50 heavy (non-hydrogen) atoms. The molecule has 0 amide bonds. The van der Waals surface area contributed by atoms with Crippen molar-refractivity contribution in [3.8, 4) is 0 Å². The molecule has 9 rings (SSSR count). The summed E-state index contributed by atoms with van der Waals surface area (Å²) in [4.78, 5) is 5.07. The summed E-state index contributed by atoms with van der Waals surface area (Å²) in [5, 5.41) is 5.30. The van der Waals surface area contributed by atoms with Gasteiger partial charge in [-0.2, -0.15) is 0 Å². The molecule has 0 bridgehead atoms. The Morgan fingerprint density at radius 2 is 1.14 bits per heavy atom. The average molecular weight is 683 g/mol. The molecule has 2 aliphatic rings. The molecule has 0 saturated carbocycles. The van der Waals surface area contributed by atoms with E-state index in [1.54, 1.807) is 0 Å². The lowest BCUT2D eigenvalue weighted by Gasteiger charge is -2.45. The number of anilines is 6. The Bertz CT molecular complexity index is 2490. The maximum absolute atomic E-state index is 6.56. The summed E-state index contributed by atoms with van der Waals surface area (Å²) in [6, 6.07) is 43.8. The molecule has 0 radical (unpaired) electrons. The van der Waals surface area contributed by atoms with Crippen LogP contribution in [0.15, 0.2) is 120 Å². The van der Waals surface area contributed by atoms with Crippen molar-refractivity contribution in [2.24, 2.45) is 0 Å². The molecule has 0 spiro atoms. The topological polar surface area (TPSA) is 19.6 Å². The Kier molecular flexibility index (Phi) is 6.78. The molecule has 0 unspecified atom stereocenters. The van der Waals surface area contributed by atoms with E-state index in [1.165, 1.54) is 71.7 Å². The highest BCUT2D eigenvalue weighted by Crippen LogP contribution is 2.47. The number of hydrogen-bond donors (Lipinski definition) is 0. The third kappa shape index (κ3) is 4.69. The minimum absolute atomic E-state index is 0.0687. The summed E-state index contributed by atoms with van der Waals surface area (Å²) in [5.41, 5.74) is 15.8. The van der Waals surface area contributed by atoms with Crippen LogP contribution in [0.2, 0.25) is 39.3 Å². The van der Waals surface area contributed by atoms with Gasteiger partial charge >= 0.3 is 0 Å². The number of benzene rings is 6. The highest BCUT2D eigenvalue weighted by Gasteiger charge is 2.45. The fraction of sp³-hybridized carbons (Fsp3) is 0.182. The third-order valence-corrected chi connectivity index (χ3v) is 15.0. The normalized spacial score (nSPS) is 13.9. The van der Waals surface area contributed by atoms with Crippen LogP contribution in [-0.2, 0) is 0 Å². The van der Waals surface area contributed by atoms with E-state index < -0.39 is 16.1 Å². The van der Waals surface area contributed by atoms with E-state index in [2.05, 4.69) is 178 Å². The lowest BCUT2D eigenvalue weighted by molar-refractivity contribution is 0.669. The summed E-state index contributed by atoms with van der Waals surface area (Å²) in [5.74, 6) is 0. The van der Waals surface area contributed by atoms with Crippen molar-refractivity contribution in [2.75, 3.05) is 9.80 Å². The second kappa shape index (κ2) is 10.9. The maximum Gasteiger partial charge on any atom is 0.252 e. The molecular weight excluding hydrogens is 639 g/mol. The summed E-state index contributed by atoms with van der Waals surface area (Å²) in [6.07, 6.45) is 0. The lowest BCUT2D eigenvalue weighted by atomic mass is 9.33. The van der Waals surface area contributed by atoms with Gasteiger partial charge in [-0.3, -0.25) is 0 Å². The van der Waals surface area contributed by atoms with Gasteiger partial charge in [0, 0.05) is 33.8 Å². The van der Waals surface area contributed by atoms with E-state index in [0.29, 0.717) is 0 Å².